The van der Waals surface area contributed by atoms with Gasteiger partial charge < -0.3 is 11.1 Å². The normalized spacial score (nSPS) is 14.7. The number of nitrogen functional groups attached to an aromatic ring is 1. The van der Waals surface area contributed by atoms with Crippen LogP contribution in [0.3, 0.4) is 0 Å². The van der Waals surface area contributed by atoms with E-state index in [1.807, 2.05) is 18.2 Å². The minimum absolute atomic E-state index is 0.778. The highest BCUT2D eigenvalue weighted by Crippen LogP contribution is 2.29. The Morgan fingerprint density at radius 3 is 3.21 bits per heavy atom. The third-order valence-electron chi connectivity index (χ3n) is 3.51. The van der Waals surface area contributed by atoms with Crippen LogP contribution >= 0.6 is 11.3 Å². The second kappa shape index (κ2) is 4.08. The fourth-order valence-electron chi connectivity index (χ4n) is 2.58. The van der Waals surface area contributed by atoms with E-state index in [2.05, 4.69) is 22.0 Å². The lowest BCUT2D eigenvalue weighted by molar-refractivity contribution is 0.638. The molecule has 0 saturated heterocycles. The predicted octanol–water partition coefficient (Wildman–Crippen LogP) is 2.29. The number of nitrogens with zero attached hydrogens (tertiary/aromatic N) is 2. The molecule has 0 bridgehead atoms. The van der Waals surface area contributed by atoms with Crippen LogP contribution in [-0.4, -0.2) is 15.9 Å². The third-order valence-corrected chi connectivity index (χ3v) is 4.60. The molecule has 0 amide bonds. The number of benzene rings is 1. The van der Waals surface area contributed by atoms with Gasteiger partial charge >= 0.3 is 0 Å². The summed E-state index contributed by atoms with van der Waals surface area (Å²) in [5.74, 6) is 0. The second-order valence-electron chi connectivity index (χ2n) is 4.80. The van der Waals surface area contributed by atoms with Crippen LogP contribution in [0.25, 0.3) is 16.2 Å². The Labute approximate surface area is 114 Å². The molecule has 4 rings (SSSR count). The zero-order valence-electron chi connectivity index (χ0n) is 10.4. The lowest BCUT2D eigenvalue weighted by Crippen LogP contribution is -2.23. The van der Waals surface area contributed by atoms with Crippen molar-refractivity contribution in [1.82, 2.24) is 14.7 Å². The maximum Gasteiger partial charge on any atom is 0.194 e. The molecule has 4 nitrogen and oxygen atoms in total. The maximum absolute atomic E-state index is 5.84. The number of nitrogens with two attached hydrogens (primary N) is 1. The monoisotopic (exact) mass is 270 g/mol. The first-order valence-corrected chi connectivity index (χ1v) is 7.19. The minimum Gasteiger partial charge on any atom is -0.399 e. The average Bonchev–Trinajstić information content (AvgIpc) is 2.96. The molecule has 0 aliphatic carbocycles. The first-order chi connectivity index (χ1) is 9.31. The van der Waals surface area contributed by atoms with Gasteiger partial charge in [0.1, 0.15) is 0 Å². The highest BCUT2D eigenvalue weighted by Gasteiger charge is 2.17. The summed E-state index contributed by atoms with van der Waals surface area (Å²) in [6, 6.07) is 7.89. The number of imidazole rings is 1. The zero-order chi connectivity index (χ0) is 12.8. The van der Waals surface area contributed by atoms with Gasteiger partial charge in [0.15, 0.2) is 4.96 Å². The Kier molecular flexibility index (Phi) is 2.36. The molecule has 96 valence electrons. The summed E-state index contributed by atoms with van der Waals surface area (Å²) in [5, 5.41) is 3.40. The molecule has 0 atom stereocenters. The summed E-state index contributed by atoms with van der Waals surface area (Å²) in [7, 11) is 0. The van der Waals surface area contributed by atoms with Crippen LogP contribution < -0.4 is 11.1 Å². The van der Waals surface area contributed by atoms with Crippen molar-refractivity contribution in [2.75, 3.05) is 12.3 Å². The first-order valence-electron chi connectivity index (χ1n) is 6.37. The van der Waals surface area contributed by atoms with E-state index in [1.54, 1.807) is 11.3 Å². The summed E-state index contributed by atoms with van der Waals surface area (Å²) in [5.41, 5.74) is 10.1. The van der Waals surface area contributed by atoms with E-state index in [4.69, 9.17) is 10.7 Å². The van der Waals surface area contributed by atoms with Crippen molar-refractivity contribution in [1.29, 1.82) is 0 Å². The Morgan fingerprint density at radius 1 is 1.37 bits per heavy atom. The number of hydrogen-bond donors (Lipinski definition) is 2. The molecule has 0 spiro atoms. The van der Waals surface area contributed by atoms with Gasteiger partial charge in [0.05, 0.1) is 5.69 Å². The van der Waals surface area contributed by atoms with E-state index in [-0.39, 0.29) is 0 Å². The standard InChI is InChI=1S/C14H14N4S/c15-10-3-1-2-9(6-10)11-8-18-12-4-5-16-7-13(12)19-14(18)17-11/h1-3,6,8,16H,4-5,7,15H2. The van der Waals surface area contributed by atoms with Crippen LogP contribution in [0.15, 0.2) is 30.5 Å². The molecule has 5 heteroatoms. The molecule has 1 aromatic carbocycles. The van der Waals surface area contributed by atoms with Crippen molar-refractivity contribution in [3.05, 3.63) is 41.0 Å². The van der Waals surface area contributed by atoms with Crippen LogP contribution in [-0.2, 0) is 13.0 Å². The maximum atomic E-state index is 5.84. The van der Waals surface area contributed by atoms with E-state index in [1.165, 1.54) is 10.6 Å². The zero-order valence-corrected chi connectivity index (χ0v) is 11.2. The van der Waals surface area contributed by atoms with Crippen LogP contribution in [0.2, 0.25) is 0 Å². The smallest absolute Gasteiger partial charge is 0.194 e. The van der Waals surface area contributed by atoms with E-state index in [0.29, 0.717) is 0 Å². The van der Waals surface area contributed by atoms with Crippen LogP contribution in [0.1, 0.15) is 10.6 Å². The average molecular weight is 270 g/mol. The van der Waals surface area contributed by atoms with Gasteiger partial charge in [-0.05, 0) is 12.1 Å². The van der Waals surface area contributed by atoms with Gasteiger partial charge in [-0.1, -0.05) is 23.5 Å². The Balaban J connectivity index is 1.86. The highest BCUT2D eigenvalue weighted by atomic mass is 32.1. The summed E-state index contributed by atoms with van der Waals surface area (Å²) in [6.45, 7) is 2.02. The largest absolute Gasteiger partial charge is 0.399 e. The molecule has 0 radical (unpaired) electrons. The molecule has 3 aromatic rings. The van der Waals surface area contributed by atoms with Gasteiger partial charge in [0.25, 0.3) is 0 Å². The summed E-state index contributed by atoms with van der Waals surface area (Å²) in [4.78, 5) is 7.21. The summed E-state index contributed by atoms with van der Waals surface area (Å²) >= 11 is 1.78. The van der Waals surface area contributed by atoms with Gasteiger partial charge in [-0.15, -0.1) is 0 Å². The van der Waals surface area contributed by atoms with Gasteiger partial charge in [-0.25, -0.2) is 4.98 Å². The van der Waals surface area contributed by atoms with Crippen molar-refractivity contribution in [2.24, 2.45) is 0 Å². The van der Waals surface area contributed by atoms with Crippen molar-refractivity contribution in [3.63, 3.8) is 0 Å². The number of rotatable bonds is 1. The van der Waals surface area contributed by atoms with Gasteiger partial charge in [-0.2, -0.15) is 0 Å². The summed E-state index contributed by atoms with van der Waals surface area (Å²) in [6.07, 6.45) is 3.20. The molecule has 1 aliphatic heterocycles. The highest BCUT2D eigenvalue weighted by molar-refractivity contribution is 7.17. The quantitative estimate of drug-likeness (QED) is 0.667. The molecule has 1 aliphatic rings. The number of aromatic nitrogens is 2. The van der Waals surface area contributed by atoms with E-state index in [9.17, 15) is 0 Å². The van der Waals surface area contributed by atoms with E-state index < -0.39 is 0 Å². The SMILES string of the molecule is Nc1cccc(-c2cn3c4c(sc3n2)CNCC4)c1. The Morgan fingerprint density at radius 2 is 2.32 bits per heavy atom. The van der Waals surface area contributed by atoms with Crippen molar-refractivity contribution < 1.29 is 0 Å². The third kappa shape index (κ3) is 1.74. The van der Waals surface area contributed by atoms with Gasteiger partial charge in [0.2, 0.25) is 0 Å². The number of hydrogen-bond acceptors (Lipinski definition) is 4. The lowest BCUT2D eigenvalue weighted by Gasteiger charge is -2.11. The number of anilines is 1. The van der Waals surface area contributed by atoms with Crippen molar-refractivity contribution in [3.8, 4) is 11.3 Å². The van der Waals surface area contributed by atoms with Gasteiger partial charge in [0, 0.05) is 47.5 Å². The van der Waals surface area contributed by atoms with Crippen molar-refractivity contribution in [2.45, 2.75) is 13.0 Å². The molecule has 19 heavy (non-hydrogen) atoms. The van der Waals surface area contributed by atoms with E-state index in [0.717, 1.165) is 41.4 Å². The second-order valence-corrected chi connectivity index (χ2v) is 5.86. The molecule has 0 saturated carbocycles. The summed E-state index contributed by atoms with van der Waals surface area (Å²) < 4.78 is 2.24. The molecule has 0 fully saturated rings. The lowest BCUT2D eigenvalue weighted by atomic mass is 10.1. The van der Waals surface area contributed by atoms with Crippen LogP contribution in [0, 0.1) is 0 Å². The number of nitrogens with one attached hydrogen (secondary N) is 1. The Hall–Kier alpha value is -1.85. The number of thiazole rings is 1. The van der Waals surface area contributed by atoms with Crippen LogP contribution in [0.5, 0.6) is 0 Å². The molecule has 0 unspecified atom stereocenters. The molecule has 3 N–H and O–H groups in total. The molecule has 2 aromatic heterocycles. The van der Waals surface area contributed by atoms with Gasteiger partial charge in [-0.3, -0.25) is 4.40 Å². The van der Waals surface area contributed by atoms with E-state index >= 15 is 0 Å². The predicted molar refractivity (Wildman–Crippen MR) is 78.3 cm³/mol. The van der Waals surface area contributed by atoms with Crippen LogP contribution in [0.4, 0.5) is 5.69 Å². The fourth-order valence-corrected chi connectivity index (χ4v) is 3.69. The molecule has 3 heterocycles. The minimum atomic E-state index is 0.778. The Bertz CT molecular complexity index is 756. The topological polar surface area (TPSA) is 55.4 Å². The number of fused-ring (bicyclic) bond motifs is 3. The fraction of sp³-hybridized carbons (Fsp3) is 0.214. The molecular weight excluding hydrogens is 256 g/mol. The first kappa shape index (κ1) is 11.0. The van der Waals surface area contributed by atoms with Crippen molar-refractivity contribution >= 4 is 22.0 Å². The molecular formula is C14H14N4S.